The Balaban J connectivity index is 2.14. The number of rotatable bonds is 7. The molecule has 2 rings (SSSR count). The van der Waals surface area contributed by atoms with E-state index in [4.69, 9.17) is 9.47 Å². The van der Waals surface area contributed by atoms with Crippen molar-refractivity contribution in [3.05, 3.63) is 62.0 Å². The van der Waals surface area contributed by atoms with Crippen LogP contribution in [0.5, 0.6) is 0 Å². The first-order valence-electron chi connectivity index (χ1n) is 8.88. The highest BCUT2D eigenvalue weighted by Crippen LogP contribution is 2.22. The minimum Gasteiger partial charge on any atom is -0.459 e. The number of nitrogens with zero attached hydrogens (tertiary/aromatic N) is 1. The number of hydrogen-bond acceptors (Lipinski definition) is 7. The van der Waals surface area contributed by atoms with E-state index in [2.05, 4.69) is 4.98 Å². The van der Waals surface area contributed by atoms with Gasteiger partial charge in [0.1, 0.15) is 5.69 Å². The summed E-state index contributed by atoms with van der Waals surface area (Å²) in [5.41, 5.74) is 1.38. The molecule has 0 unspecified atom stereocenters. The summed E-state index contributed by atoms with van der Waals surface area (Å²) in [6.45, 7) is 7.59. The Morgan fingerprint density at radius 1 is 1.14 bits per heavy atom. The number of aryl methyl sites for hydroxylation is 2. The van der Waals surface area contributed by atoms with Gasteiger partial charge in [-0.25, -0.2) is 9.59 Å². The number of carbonyl (C=O) groups is 3. The summed E-state index contributed by atoms with van der Waals surface area (Å²) < 4.78 is 10.2. The minimum absolute atomic E-state index is 0.0425. The van der Waals surface area contributed by atoms with Gasteiger partial charge in [-0.15, -0.1) is 0 Å². The monoisotopic (exact) mass is 402 g/mol. The molecule has 0 atom stereocenters. The van der Waals surface area contributed by atoms with Gasteiger partial charge in [0, 0.05) is 22.9 Å². The van der Waals surface area contributed by atoms with Crippen LogP contribution in [0.2, 0.25) is 0 Å². The highest BCUT2D eigenvalue weighted by Gasteiger charge is 2.25. The van der Waals surface area contributed by atoms with E-state index >= 15 is 0 Å². The molecule has 0 saturated heterocycles. The maximum absolute atomic E-state index is 12.4. The molecule has 0 fully saturated rings. The number of benzene rings is 1. The van der Waals surface area contributed by atoms with E-state index in [1.807, 2.05) is 0 Å². The Kier molecular flexibility index (Phi) is 6.53. The van der Waals surface area contributed by atoms with E-state index in [0.29, 0.717) is 16.8 Å². The van der Waals surface area contributed by atoms with Gasteiger partial charge in [-0.2, -0.15) is 0 Å². The third-order valence-electron chi connectivity index (χ3n) is 4.25. The molecule has 9 heteroatoms. The number of esters is 2. The molecule has 1 heterocycles. The number of nitro benzene ring substituents is 1. The second kappa shape index (κ2) is 8.68. The van der Waals surface area contributed by atoms with Crippen molar-refractivity contribution >= 4 is 23.4 Å². The van der Waals surface area contributed by atoms with Crippen LogP contribution in [0.1, 0.15) is 61.9 Å². The third kappa shape index (κ3) is 4.87. The first kappa shape index (κ1) is 21.8. The second-order valence-corrected chi connectivity index (χ2v) is 6.84. The largest absolute Gasteiger partial charge is 0.459 e. The van der Waals surface area contributed by atoms with E-state index in [-0.39, 0.29) is 28.6 Å². The van der Waals surface area contributed by atoms with Crippen LogP contribution in [-0.2, 0) is 9.47 Å². The number of H-pyrrole nitrogens is 1. The summed E-state index contributed by atoms with van der Waals surface area (Å²) in [4.78, 5) is 50.1. The number of nitrogens with one attached hydrogen (secondary N) is 1. The summed E-state index contributed by atoms with van der Waals surface area (Å²) in [7, 11) is 0. The number of carbonyl (C=O) groups excluding carboxylic acids is 3. The van der Waals surface area contributed by atoms with Crippen molar-refractivity contribution < 1.29 is 28.8 Å². The van der Waals surface area contributed by atoms with Crippen LogP contribution < -0.4 is 0 Å². The summed E-state index contributed by atoms with van der Waals surface area (Å²) in [6, 6.07) is 4.04. The Morgan fingerprint density at radius 3 is 2.38 bits per heavy atom. The summed E-state index contributed by atoms with van der Waals surface area (Å²) in [5.74, 6) is -1.96. The molecular weight excluding hydrogens is 380 g/mol. The van der Waals surface area contributed by atoms with E-state index in [1.165, 1.54) is 12.1 Å². The topological polar surface area (TPSA) is 129 Å². The van der Waals surface area contributed by atoms with Gasteiger partial charge in [0.25, 0.3) is 5.69 Å². The quantitative estimate of drug-likeness (QED) is 0.325. The lowest BCUT2D eigenvalue weighted by molar-refractivity contribution is -0.385. The average molecular weight is 402 g/mol. The zero-order valence-electron chi connectivity index (χ0n) is 16.8. The van der Waals surface area contributed by atoms with Gasteiger partial charge in [-0.05, 0) is 40.2 Å². The van der Waals surface area contributed by atoms with E-state index in [1.54, 1.807) is 34.6 Å². The molecule has 0 saturated carbocycles. The molecule has 9 nitrogen and oxygen atoms in total. The molecule has 0 radical (unpaired) electrons. The Morgan fingerprint density at radius 2 is 1.79 bits per heavy atom. The van der Waals surface area contributed by atoms with Gasteiger partial charge in [-0.3, -0.25) is 14.9 Å². The van der Waals surface area contributed by atoms with Gasteiger partial charge in [0.2, 0.25) is 5.78 Å². The molecule has 0 bridgehead atoms. The number of aromatic amines is 1. The molecule has 1 aromatic carbocycles. The maximum atomic E-state index is 12.4. The SMILES string of the molecule is Cc1ccc(C(=O)COC(=O)c2[nH]c(C)c(C(=O)OC(C)C)c2C)cc1[N+](=O)[O-]. The third-order valence-corrected chi connectivity index (χ3v) is 4.25. The van der Waals surface area contributed by atoms with Crippen molar-refractivity contribution in [2.45, 2.75) is 40.7 Å². The van der Waals surface area contributed by atoms with Gasteiger partial charge >= 0.3 is 11.9 Å². The molecule has 1 aromatic heterocycles. The fourth-order valence-corrected chi connectivity index (χ4v) is 2.80. The Bertz CT molecular complexity index is 989. The molecule has 2 aromatic rings. The molecule has 29 heavy (non-hydrogen) atoms. The molecule has 0 amide bonds. The predicted molar refractivity (Wildman–Crippen MR) is 103 cm³/mol. The summed E-state index contributed by atoms with van der Waals surface area (Å²) >= 11 is 0. The van der Waals surface area contributed by atoms with Crippen LogP contribution >= 0.6 is 0 Å². The van der Waals surface area contributed by atoms with E-state index in [0.717, 1.165) is 6.07 Å². The zero-order valence-corrected chi connectivity index (χ0v) is 16.8. The number of Topliss-reactive ketones (excluding diaryl/α,β-unsaturated/α-hetero) is 1. The van der Waals surface area contributed by atoms with Crippen LogP contribution in [-0.4, -0.2) is 40.3 Å². The standard InChI is InChI=1S/C20H22N2O7/c1-10(2)29-19(24)17-12(4)18(21-13(17)5)20(25)28-9-16(23)14-7-6-11(3)15(8-14)22(26)27/h6-8,10,21H,9H2,1-5H3. The molecular formula is C20H22N2O7. The lowest BCUT2D eigenvalue weighted by Gasteiger charge is -2.08. The number of hydrogen-bond donors (Lipinski definition) is 1. The summed E-state index contributed by atoms with van der Waals surface area (Å²) in [5, 5.41) is 11.0. The zero-order chi connectivity index (χ0) is 21.9. The van der Waals surface area contributed by atoms with Crippen LogP contribution in [0.3, 0.4) is 0 Å². The fourth-order valence-electron chi connectivity index (χ4n) is 2.80. The minimum atomic E-state index is -0.816. The Labute approximate surface area is 167 Å². The number of ketones is 1. The van der Waals surface area contributed by atoms with Crippen LogP contribution in [0, 0.1) is 30.9 Å². The van der Waals surface area contributed by atoms with Crippen molar-refractivity contribution in [1.29, 1.82) is 0 Å². The van der Waals surface area contributed by atoms with E-state index < -0.39 is 29.3 Å². The maximum Gasteiger partial charge on any atom is 0.355 e. The Hall–Kier alpha value is -3.49. The van der Waals surface area contributed by atoms with Gasteiger partial charge in [-0.1, -0.05) is 12.1 Å². The predicted octanol–water partition coefficient (Wildman–Crippen LogP) is 3.45. The molecule has 0 aliphatic heterocycles. The number of aromatic nitrogens is 1. The molecule has 1 N–H and O–H groups in total. The highest BCUT2D eigenvalue weighted by molar-refractivity contribution is 6.01. The summed E-state index contributed by atoms with van der Waals surface area (Å²) in [6.07, 6.45) is -0.317. The van der Waals surface area contributed by atoms with Gasteiger partial charge in [0.15, 0.2) is 6.61 Å². The van der Waals surface area contributed by atoms with Crippen molar-refractivity contribution in [2.75, 3.05) is 6.61 Å². The highest BCUT2D eigenvalue weighted by atomic mass is 16.6. The van der Waals surface area contributed by atoms with E-state index in [9.17, 15) is 24.5 Å². The molecule has 0 spiro atoms. The van der Waals surface area contributed by atoms with Crippen LogP contribution in [0.4, 0.5) is 5.69 Å². The molecule has 0 aliphatic rings. The molecule has 0 aliphatic carbocycles. The fraction of sp³-hybridized carbons (Fsp3) is 0.350. The second-order valence-electron chi connectivity index (χ2n) is 6.84. The lowest BCUT2D eigenvalue weighted by atomic mass is 10.1. The van der Waals surface area contributed by atoms with Crippen LogP contribution in [0.25, 0.3) is 0 Å². The first-order valence-corrected chi connectivity index (χ1v) is 8.88. The van der Waals surface area contributed by atoms with Crippen molar-refractivity contribution in [3.8, 4) is 0 Å². The van der Waals surface area contributed by atoms with Crippen LogP contribution in [0.15, 0.2) is 18.2 Å². The average Bonchev–Trinajstić information content (AvgIpc) is 2.93. The number of nitro groups is 1. The smallest absolute Gasteiger partial charge is 0.355 e. The van der Waals surface area contributed by atoms with Gasteiger partial charge in [0.05, 0.1) is 16.6 Å². The normalized spacial score (nSPS) is 10.7. The molecule has 154 valence electrons. The van der Waals surface area contributed by atoms with Gasteiger partial charge < -0.3 is 14.5 Å². The van der Waals surface area contributed by atoms with Crippen molar-refractivity contribution in [2.24, 2.45) is 0 Å². The first-order chi connectivity index (χ1) is 13.5. The van der Waals surface area contributed by atoms with Crippen molar-refractivity contribution in [1.82, 2.24) is 4.98 Å². The lowest BCUT2D eigenvalue weighted by Crippen LogP contribution is -2.16. The number of ether oxygens (including phenoxy) is 2. The van der Waals surface area contributed by atoms with Crippen molar-refractivity contribution in [3.63, 3.8) is 0 Å².